The fourth-order valence-corrected chi connectivity index (χ4v) is 2.80. The Bertz CT molecular complexity index is 591. The van der Waals surface area contributed by atoms with Crippen LogP contribution in [0.25, 0.3) is 17.0 Å². The summed E-state index contributed by atoms with van der Waals surface area (Å²) < 4.78 is 0. The molecule has 0 radical (unpaired) electrons. The van der Waals surface area contributed by atoms with Crippen LogP contribution >= 0.6 is 0 Å². The average Bonchev–Trinajstić information content (AvgIpc) is 2.46. The van der Waals surface area contributed by atoms with Gasteiger partial charge in [0.25, 0.3) is 0 Å². The van der Waals surface area contributed by atoms with Crippen molar-refractivity contribution in [2.24, 2.45) is 5.92 Å². The largest absolute Gasteiger partial charge is 0.393 e. The first kappa shape index (κ1) is 12.4. The second-order valence-electron chi connectivity index (χ2n) is 5.33. The maximum Gasteiger partial charge on any atom is 0.0702 e. The monoisotopic (exact) mass is 253 g/mol. The molecule has 3 rings (SSSR count). The van der Waals surface area contributed by atoms with E-state index < -0.39 is 0 Å². The standard InChI is InChI=1S/C17H19NO/c19-17-6-2-1-4-14(17)9-7-13-8-10-16-15(12-13)5-3-11-18-16/h3,5,7-12,14,17,19H,1-2,4,6H2/b9-7+/t14-,17+/m0/s1. The van der Waals surface area contributed by atoms with Gasteiger partial charge in [0, 0.05) is 17.5 Å². The van der Waals surface area contributed by atoms with Crippen molar-refractivity contribution in [1.82, 2.24) is 4.98 Å². The van der Waals surface area contributed by atoms with Crippen molar-refractivity contribution in [2.75, 3.05) is 0 Å². The normalized spacial score (nSPS) is 24.1. The summed E-state index contributed by atoms with van der Waals surface area (Å²) in [5, 5.41) is 11.1. The van der Waals surface area contributed by atoms with Crippen LogP contribution in [-0.4, -0.2) is 16.2 Å². The third kappa shape index (κ3) is 2.85. The topological polar surface area (TPSA) is 33.1 Å². The van der Waals surface area contributed by atoms with Gasteiger partial charge >= 0.3 is 0 Å². The quantitative estimate of drug-likeness (QED) is 0.883. The van der Waals surface area contributed by atoms with Gasteiger partial charge in [-0.1, -0.05) is 37.1 Å². The van der Waals surface area contributed by atoms with Crippen molar-refractivity contribution < 1.29 is 5.11 Å². The molecule has 98 valence electrons. The molecule has 0 unspecified atom stereocenters. The van der Waals surface area contributed by atoms with E-state index in [-0.39, 0.29) is 6.10 Å². The number of aliphatic hydroxyl groups excluding tert-OH is 1. The number of hydrogen-bond acceptors (Lipinski definition) is 2. The zero-order chi connectivity index (χ0) is 13.1. The molecule has 1 heterocycles. The van der Waals surface area contributed by atoms with Crippen molar-refractivity contribution in [1.29, 1.82) is 0 Å². The van der Waals surface area contributed by atoms with Gasteiger partial charge in [-0.2, -0.15) is 0 Å². The third-order valence-corrected chi connectivity index (χ3v) is 3.94. The molecule has 1 N–H and O–H groups in total. The van der Waals surface area contributed by atoms with Gasteiger partial charge in [0.1, 0.15) is 0 Å². The Morgan fingerprint density at radius 2 is 2.05 bits per heavy atom. The van der Waals surface area contributed by atoms with Gasteiger partial charge in [-0.25, -0.2) is 0 Å². The minimum atomic E-state index is -0.160. The summed E-state index contributed by atoms with van der Waals surface area (Å²) in [5.41, 5.74) is 2.20. The van der Waals surface area contributed by atoms with Gasteiger partial charge in [-0.15, -0.1) is 0 Å². The lowest BCUT2D eigenvalue weighted by molar-refractivity contribution is 0.0931. The van der Waals surface area contributed by atoms with Crippen molar-refractivity contribution in [3.8, 4) is 0 Å². The fourth-order valence-electron chi connectivity index (χ4n) is 2.80. The first-order valence-electron chi connectivity index (χ1n) is 7.04. The summed E-state index contributed by atoms with van der Waals surface area (Å²) in [4.78, 5) is 4.32. The molecule has 0 saturated heterocycles. The van der Waals surface area contributed by atoms with Gasteiger partial charge in [-0.3, -0.25) is 4.98 Å². The van der Waals surface area contributed by atoms with Crippen LogP contribution in [0.15, 0.2) is 42.6 Å². The number of benzene rings is 1. The maximum atomic E-state index is 9.96. The highest BCUT2D eigenvalue weighted by atomic mass is 16.3. The number of rotatable bonds is 2. The molecule has 0 spiro atoms. The predicted molar refractivity (Wildman–Crippen MR) is 78.7 cm³/mol. The van der Waals surface area contributed by atoms with Crippen LogP contribution in [0.3, 0.4) is 0 Å². The molecular weight excluding hydrogens is 234 g/mol. The van der Waals surface area contributed by atoms with Crippen LogP contribution in [0.5, 0.6) is 0 Å². The molecule has 1 aliphatic rings. The minimum Gasteiger partial charge on any atom is -0.393 e. The molecule has 19 heavy (non-hydrogen) atoms. The Morgan fingerprint density at radius 1 is 1.16 bits per heavy atom. The first-order chi connectivity index (χ1) is 9.33. The Hall–Kier alpha value is -1.67. The number of aromatic nitrogens is 1. The Balaban J connectivity index is 1.80. The smallest absolute Gasteiger partial charge is 0.0702 e. The second-order valence-corrected chi connectivity index (χ2v) is 5.33. The summed E-state index contributed by atoms with van der Waals surface area (Å²) in [5.74, 6) is 0.318. The van der Waals surface area contributed by atoms with E-state index in [2.05, 4.69) is 35.3 Å². The average molecular weight is 253 g/mol. The van der Waals surface area contributed by atoms with Crippen LogP contribution in [0.1, 0.15) is 31.2 Å². The number of pyridine rings is 1. The number of hydrogen-bond donors (Lipinski definition) is 1. The van der Waals surface area contributed by atoms with Gasteiger partial charge in [0.05, 0.1) is 11.6 Å². The van der Waals surface area contributed by atoms with E-state index in [1.54, 1.807) is 0 Å². The van der Waals surface area contributed by atoms with Crippen molar-refractivity contribution in [2.45, 2.75) is 31.8 Å². The Labute approximate surface area is 113 Å². The summed E-state index contributed by atoms with van der Waals surface area (Å²) in [6, 6.07) is 10.3. The van der Waals surface area contributed by atoms with Gasteiger partial charge < -0.3 is 5.11 Å². The SMILES string of the molecule is O[C@@H]1CCCC[C@H]1/C=C/c1ccc2ncccc2c1. The highest BCUT2D eigenvalue weighted by Crippen LogP contribution is 2.26. The van der Waals surface area contributed by atoms with Crippen molar-refractivity contribution >= 4 is 17.0 Å². The van der Waals surface area contributed by atoms with Gasteiger partial charge in [-0.05, 0) is 36.6 Å². The zero-order valence-corrected chi connectivity index (χ0v) is 11.0. The molecule has 2 heteroatoms. The van der Waals surface area contributed by atoms with E-state index in [1.807, 2.05) is 18.3 Å². The van der Waals surface area contributed by atoms with E-state index >= 15 is 0 Å². The summed E-state index contributed by atoms with van der Waals surface area (Å²) in [6.07, 6.45) is 10.4. The number of nitrogens with zero attached hydrogens (tertiary/aromatic N) is 1. The molecule has 0 amide bonds. The fraction of sp³-hybridized carbons (Fsp3) is 0.353. The molecule has 1 saturated carbocycles. The van der Waals surface area contributed by atoms with E-state index in [4.69, 9.17) is 0 Å². The van der Waals surface area contributed by atoms with E-state index in [9.17, 15) is 5.11 Å². The predicted octanol–water partition coefficient (Wildman–Crippen LogP) is 3.80. The molecule has 1 aliphatic carbocycles. The highest BCUT2D eigenvalue weighted by Gasteiger charge is 2.19. The molecule has 1 aromatic heterocycles. The molecule has 1 aromatic carbocycles. The van der Waals surface area contributed by atoms with Crippen LogP contribution in [0.4, 0.5) is 0 Å². The lowest BCUT2D eigenvalue weighted by Gasteiger charge is -2.24. The highest BCUT2D eigenvalue weighted by molar-refractivity contribution is 5.80. The number of fused-ring (bicyclic) bond motifs is 1. The Morgan fingerprint density at radius 3 is 2.95 bits per heavy atom. The lowest BCUT2D eigenvalue weighted by Crippen LogP contribution is -2.22. The van der Waals surface area contributed by atoms with E-state index in [0.29, 0.717) is 5.92 Å². The zero-order valence-electron chi connectivity index (χ0n) is 11.0. The van der Waals surface area contributed by atoms with Crippen LogP contribution < -0.4 is 0 Å². The minimum absolute atomic E-state index is 0.160. The van der Waals surface area contributed by atoms with Crippen molar-refractivity contribution in [3.63, 3.8) is 0 Å². The summed E-state index contributed by atoms with van der Waals surface area (Å²) in [6.45, 7) is 0. The van der Waals surface area contributed by atoms with E-state index in [0.717, 1.165) is 30.2 Å². The molecule has 2 aromatic rings. The van der Waals surface area contributed by atoms with Gasteiger partial charge in [0.2, 0.25) is 0 Å². The summed E-state index contributed by atoms with van der Waals surface area (Å²) in [7, 11) is 0. The van der Waals surface area contributed by atoms with Crippen molar-refractivity contribution in [3.05, 3.63) is 48.2 Å². The number of aliphatic hydroxyl groups is 1. The van der Waals surface area contributed by atoms with E-state index in [1.165, 1.54) is 12.0 Å². The maximum absolute atomic E-state index is 9.96. The molecule has 0 bridgehead atoms. The van der Waals surface area contributed by atoms with Gasteiger partial charge in [0.15, 0.2) is 0 Å². The van der Waals surface area contributed by atoms with Crippen LogP contribution in [0, 0.1) is 5.92 Å². The second kappa shape index (κ2) is 5.54. The molecular formula is C17H19NO. The third-order valence-electron chi connectivity index (χ3n) is 3.94. The molecule has 2 atom stereocenters. The molecule has 0 aliphatic heterocycles. The Kier molecular flexibility index (Phi) is 3.60. The summed E-state index contributed by atoms with van der Waals surface area (Å²) >= 11 is 0. The molecule has 2 nitrogen and oxygen atoms in total. The molecule has 1 fully saturated rings. The first-order valence-corrected chi connectivity index (χ1v) is 7.04. The van der Waals surface area contributed by atoms with Crippen LogP contribution in [-0.2, 0) is 0 Å². The van der Waals surface area contributed by atoms with Crippen LogP contribution in [0.2, 0.25) is 0 Å². The lowest BCUT2D eigenvalue weighted by atomic mass is 9.86.